The molecule has 21 heteroatoms. The number of nitrogens with one attached hydrogen (secondary N) is 2. The van der Waals surface area contributed by atoms with Crippen molar-refractivity contribution in [2.75, 3.05) is 74.1 Å². The van der Waals surface area contributed by atoms with Crippen LogP contribution in [0.2, 0.25) is 0 Å². The fraction of sp³-hybridized carbons (Fsp3) is 0.400. The van der Waals surface area contributed by atoms with E-state index in [2.05, 4.69) is 10.6 Å². The summed E-state index contributed by atoms with van der Waals surface area (Å²) in [5.74, 6) is -1.04. The van der Waals surface area contributed by atoms with Crippen LogP contribution in [0.4, 0.5) is 22.0 Å². The summed E-state index contributed by atoms with van der Waals surface area (Å²) in [5.41, 5.74) is 4.91. The SMILES string of the molecule is CON1CCC2(CC1)NC(=O)C(c1cc(-c3ccc(F)cc3)ccc1C)=C2O.CON1CCC2(CC1)NC(=O)C(c1cc(-c3ccc(F)cc3)ccc1C)=C2OP(C)(=S)OCC(F)(F)F.COP(C)(C)=S. The van der Waals surface area contributed by atoms with Crippen LogP contribution in [0.1, 0.15) is 47.9 Å². The summed E-state index contributed by atoms with van der Waals surface area (Å²) in [6.45, 7) is 6.13. The number of rotatable bonds is 11. The van der Waals surface area contributed by atoms with Gasteiger partial charge in [0.2, 0.25) is 6.49 Å². The van der Waals surface area contributed by atoms with Crippen LogP contribution in [-0.2, 0) is 56.4 Å². The molecule has 71 heavy (non-hydrogen) atoms. The fourth-order valence-electron chi connectivity index (χ4n) is 8.62. The Morgan fingerprint density at radius 2 is 1.03 bits per heavy atom. The van der Waals surface area contributed by atoms with E-state index in [0.29, 0.717) is 68.6 Å². The van der Waals surface area contributed by atoms with E-state index in [9.17, 15) is 36.6 Å². The first-order valence-electron chi connectivity index (χ1n) is 22.6. The predicted octanol–water partition coefficient (Wildman–Crippen LogP) is 10.5. The van der Waals surface area contributed by atoms with E-state index in [1.165, 1.54) is 30.9 Å². The van der Waals surface area contributed by atoms with E-state index in [1.807, 2.05) is 62.6 Å². The maximum atomic E-state index is 13.5. The average molecular weight is 1070 g/mol. The Balaban J connectivity index is 0.000000214. The lowest BCUT2D eigenvalue weighted by atomic mass is 9.85. The molecule has 2 saturated heterocycles. The van der Waals surface area contributed by atoms with Crippen molar-refractivity contribution in [3.63, 3.8) is 0 Å². The molecule has 4 aromatic rings. The number of hydrogen-bond donors (Lipinski definition) is 3. The molecular weight excluding hydrogens is 1010 g/mol. The van der Waals surface area contributed by atoms with Crippen molar-refractivity contribution in [2.24, 2.45) is 0 Å². The molecule has 0 saturated carbocycles. The summed E-state index contributed by atoms with van der Waals surface area (Å²) >= 11 is 10.2. The number of nitrogens with zero attached hydrogens (tertiary/aromatic N) is 2. The largest absolute Gasteiger partial charge is 0.509 e. The second-order valence-electron chi connectivity index (χ2n) is 18.0. The highest BCUT2D eigenvalue weighted by Gasteiger charge is 2.51. The first-order chi connectivity index (χ1) is 33.3. The number of carbonyl (C=O) groups is 2. The highest BCUT2D eigenvalue weighted by Crippen LogP contribution is 2.54. The molecule has 12 nitrogen and oxygen atoms in total. The quantitative estimate of drug-likeness (QED) is 0.0976. The van der Waals surface area contributed by atoms with Crippen LogP contribution in [0.5, 0.6) is 0 Å². The summed E-state index contributed by atoms with van der Waals surface area (Å²) in [4.78, 5) is 36.9. The van der Waals surface area contributed by atoms with E-state index in [-0.39, 0.29) is 34.6 Å². The third-order valence-electron chi connectivity index (χ3n) is 12.7. The van der Waals surface area contributed by atoms with E-state index >= 15 is 0 Å². The number of carbonyl (C=O) groups excluding carboxylic acids is 2. The number of aliphatic hydroxyl groups excluding tert-OH is 1. The van der Waals surface area contributed by atoms with Crippen molar-refractivity contribution in [1.82, 2.24) is 20.8 Å². The number of halogens is 5. The van der Waals surface area contributed by atoms with E-state index in [1.54, 1.807) is 56.7 Å². The molecule has 0 aromatic heterocycles. The van der Waals surface area contributed by atoms with Crippen LogP contribution < -0.4 is 10.6 Å². The molecule has 4 heterocycles. The van der Waals surface area contributed by atoms with Crippen LogP contribution in [0, 0.1) is 25.5 Å². The normalized spacial score (nSPS) is 18.9. The lowest BCUT2D eigenvalue weighted by molar-refractivity contribution is -0.154. The number of piperidine rings is 2. The molecule has 384 valence electrons. The molecule has 3 N–H and O–H groups in total. The van der Waals surface area contributed by atoms with Crippen molar-refractivity contribution < 1.29 is 59.9 Å². The van der Waals surface area contributed by atoms with Gasteiger partial charge in [0.1, 0.15) is 34.2 Å². The van der Waals surface area contributed by atoms with Gasteiger partial charge in [-0.05, 0) is 146 Å². The van der Waals surface area contributed by atoms with Crippen molar-refractivity contribution in [1.29, 1.82) is 0 Å². The van der Waals surface area contributed by atoms with E-state index < -0.39 is 42.5 Å². The second kappa shape index (κ2) is 22.8. The predicted molar refractivity (Wildman–Crippen MR) is 273 cm³/mol. The van der Waals surface area contributed by atoms with Crippen molar-refractivity contribution in [2.45, 2.75) is 56.8 Å². The van der Waals surface area contributed by atoms with E-state index in [0.717, 1.165) is 33.4 Å². The molecule has 8 rings (SSSR count). The lowest BCUT2D eigenvalue weighted by Crippen LogP contribution is -2.53. The van der Waals surface area contributed by atoms with Crippen LogP contribution in [-0.4, -0.2) is 118 Å². The smallest absolute Gasteiger partial charge is 0.412 e. The van der Waals surface area contributed by atoms with Crippen molar-refractivity contribution in [3.05, 3.63) is 130 Å². The van der Waals surface area contributed by atoms with Gasteiger partial charge < -0.3 is 39.0 Å². The Kier molecular flexibility index (Phi) is 18.0. The van der Waals surface area contributed by atoms with Gasteiger partial charge in [-0.2, -0.15) is 23.3 Å². The summed E-state index contributed by atoms with van der Waals surface area (Å²) in [7, 11) is 4.82. The molecule has 4 aliphatic rings. The number of aryl methyl sites for hydroxylation is 2. The van der Waals surface area contributed by atoms with E-state index in [4.69, 9.17) is 46.9 Å². The molecule has 4 aliphatic heterocycles. The Morgan fingerprint density at radius 3 is 1.44 bits per heavy atom. The molecule has 1 unspecified atom stereocenters. The number of hydroxylamine groups is 4. The van der Waals surface area contributed by atoms with Crippen LogP contribution in [0.3, 0.4) is 0 Å². The molecule has 0 aliphatic carbocycles. The summed E-state index contributed by atoms with van der Waals surface area (Å²) in [6.07, 6.45) is -3.93. The Bertz CT molecular complexity index is 2760. The molecule has 0 radical (unpaired) electrons. The zero-order valence-electron chi connectivity index (χ0n) is 40.7. The number of benzene rings is 4. The van der Waals surface area contributed by atoms with Gasteiger partial charge in [-0.15, -0.1) is 0 Å². The second-order valence-corrected chi connectivity index (χ2v) is 27.5. The Labute approximate surface area is 421 Å². The average Bonchev–Trinajstić information content (AvgIpc) is 3.72. The van der Waals surface area contributed by atoms with Gasteiger partial charge in [0.15, 0.2) is 6.61 Å². The van der Waals surface area contributed by atoms with Gasteiger partial charge in [-0.1, -0.05) is 60.3 Å². The van der Waals surface area contributed by atoms with Crippen LogP contribution in [0.25, 0.3) is 33.4 Å². The van der Waals surface area contributed by atoms with Gasteiger partial charge in [-0.3, -0.25) is 9.59 Å². The minimum Gasteiger partial charge on any atom is -0.509 e. The minimum atomic E-state index is -4.58. The Hall–Kier alpha value is -4.39. The monoisotopic (exact) mass is 1060 g/mol. The number of aliphatic hydroxyl groups is 1. The number of alkyl halides is 3. The van der Waals surface area contributed by atoms with Gasteiger partial charge in [0.05, 0.1) is 31.6 Å². The fourth-order valence-corrected chi connectivity index (χ4v) is 10.0. The summed E-state index contributed by atoms with van der Waals surface area (Å²) < 4.78 is 81.4. The number of hydrogen-bond acceptors (Lipinski definition) is 12. The molecule has 2 amide bonds. The summed E-state index contributed by atoms with van der Waals surface area (Å²) in [6, 6.07) is 23.4. The third-order valence-corrected chi connectivity index (χ3v) is 15.7. The van der Waals surface area contributed by atoms with Gasteiger partial charge in [-0.25, -0.2) is 8.78 Å². The highest BCUT2D eigenvalue weighted by atomic mass is 32.5. The minimum absolute atomic E-state index is 0.104. The third kappa shape index (κ3) is 13.8. The van der Waals surface area contributed by atoms with Gasteiger partial charge in [0, 0.05) is 40.0 Å². The maximum Gasteiger partial charge on any atom is 0.412 e. The lowest BCUT2D eigenvalue weighted by Gasteiger charge is -2.40. The zero-order valence-corrected chi connectivity index (χ0v) is 44.2. The molecule has 2 fully saturated rings. The molecule has 1 atom stereocenters. The van der Waals surface area contributed by atoms with Gasteiger partial charge in [0.25, 0.3) is 11.8 Å². The number of amides is 2. The topological polar surface area (TPSA) is 131 Å². The molecule has 0 bridgehead atoms. The van der Waals surface area contributed by atoms with Crippen molar-refractivity contribution >= 4 is 59.3 Å². The zero-order chi connectivity index (χ0) is 52.1. The first-order valence-corrected chi connectivity index (χ1v) is 29.3. The maximum absolute atomic E-state index is 13.5. The standard InChI is InChI=1S/C25H27F4N2O4PS.C22H23FN2O3.C3H9OPS/c1-16-4-5-18(17-6-8-19(26)9-7-17)14-20(16)21-22(35-36(3,37)34-15-25(27,28)29)24(30-23(21)32)10-12-31(33-2)13-11-24;1-14-3-4-16(15-5-7-17(23)8-6-15)13-18(14)19-20(26)22(24-21(19)27)9-11-25(28-2)12-10-22;1-4-5(2,3)6/h4-9,14H,10-13,15H2,1-3H3,(H,30,32);3-8,13,26H,9-12H2,1-2H3,(H,24,27);1-3H3. The molecule has 4 aromatic carbocycles. The highest BCUT2D eigenvalue weighted by molar-refractivity contribution is 8.11. The molecular formula is C50H59F5N4O8P2S2. The Morgan fingerprint density at radius 1 is 0.648 bits per heavy atom. The summed E-state index contributed by atoms with van der Waals surface area (Å²) in [5, 5.41) is 20.6. The van der Waals surface area contributed by atoms with Crippen LogP contribution >= 0.6 is 12.8 Å². The van der Waals surface area contributed by atoms with Crippen LogP contribution in [0.15, 0.2) is 96.4 Å². The van der Waals surface area contributed by atoms with Crippen molar-refractivity contribution in [3.8, 4) is 22.3 Å². The van der Waals surface area contributed by atoms with Gasteiger partial charge >= 0.3 is 6.18 Å². The molecule has 2 spiro atoms. The first kappa shape index (κ1) is 55.9.